The van der Waals surface area contributed by atoms with E-state index in [-0.39, 0.29) is 12.5 Å². The Labute approximate surface area is 124 Å². The van der Waals surface area contributed by atoms with Crippen molar-refractivity contribution in [1.29, 1.82) is 0 Å². The number of ether oxygens (including phenoxy) is 2. The normalized spacial score (nSPS) is 9.71. The monoisotopic (exact) mass is 295 g/mol. The third kappa shape index (κ3) is 5.60. The van der Waals surface area contributed by atoms with E-state index in [2.05, 4.69) is 10.6 Å². The first-order chi connectivity index (χ1) is 9.93. The molecule has 116 valence electrons. The van der Waals surface area contributed by atoms with Crippen molar-refractivity contribution in [2.75, 3.05) is 45.0 Å². The summed E-state index contributed by atoms with van der Waals surface area (Å²) in [5.41, 5.74) is 1.38. The van der Waals surface area contributed by atoms with E-state index in [4.69, 9.17) is 9.47 Å². The molecule has 1 rings (SSSR count). The van der Waals surface area contributed by atoms with Crippen LogP contribution in [0.4, 0.5) is 16.2 Å². The Morgan fingerprint density at radius 3 is 2.57 bits per heavy atom. The molecular formula is C14H21N3O4. The highest BCUT2D eigenvalue weighted by Gasteiger charge is 2.07. The first-order valence-electron chi connectivity index (χ1n) is 6.47. The fourth-order valence-electron chi connectivity index (χ4n) is 1.58. The van der Waals surface area contributed by atoms with Crippen LogP contribution in [0, 0.1) is 0 Å². The molecule has 21 heavy (non-hydrogen) atoms. The smallest absolute Gasteiger partial charge is 0.409 e. The van der Waals surface area contributed by atoms with Crippen molar-refractivity contribution in [3.63, 3.8) is 0 Å². The van der Waals surface area contributed by atoms with Gasteiger partial charge in [0.2, 0.25) is 5.91 Å². The molecule has 0 saturated heterocycles. The maximum absolute atomic E-state index is 11.3. The minimum atomic E-state index is -0.393. The van der Waals surface area contributed by atoms with E-state index >= 15 is 0 Å². The molecule has 0 bridgehead atoms. The van der Waals surface area contributed by atoms with Crippen LogP contribution in [0.1, 0.15) is 6.92 Å². The highest BCUT2D eigenvalue weighted by atomic mass is 16.6. The topological polar surface area (TPSA) is 79.9 Å². The predicted octanol–water partition coefficient (Wildman–Crippen LogP) is 1.76. The maximum Gasteiger partial charge on any atom is 0.409 e. The number of hydrogen-bond donors (Lipinski definition) is 2. The average Bonchev–Trinajstić information content (AvgIpc) is 2.42. The van der Waals surface area contributed by atoms with Gasteiger partial charge in [0.1, 0.15) is 12.4 Å². The summed E-state index contributed by atoms with van der Waals surface area (Å²) in [7, 11) is 4.80. The summed E-state index contributed by atoms with van der Waals surface area (Å²) in [5.74, 6) is 0.495. The van der Waals surface area contributed by atoms with Gasteiger partial charge in [-0.1, -0.05) is 0 Å². The number of carbonyl (C=O) groups is 2. The molecule has 0 heterocycles. The molecule has 2 amide bonds. The highest BCUT2D eigenvalue weighted by Crippen LogP contribution is 2.27. The molecule has 1 aromatic rings. The Bertz CT molecular complexity index is 503. The number of nitrogens with one attached hydrogen (secondary N) is 2. The van der Waals surface area contributed by atoms with Gasteiger partial charge in [-0.2, -0.15) is 0 Å². The minimum Gasteiger partial charge on any atom is -0.495 e. The lowest BCUT2D eigenvalue weighted by Crippen LogP contribution is -2.25. The first kappa shape index (κ1) is 16.6. The quantitative estimate of drug-likeness (QED) is 0.782. The molecule has 0 aliphatic rings. The average molecular weight is 295 g/mol. The van der Waals surface area contributed by atoms with Gasteiger partial charge in [0, 0.05) is 33.3 Å². The molecule has 7 nitrogen and oxygen atoms in total. The van der Waals surface area contributed by atoms with Crippen LogP contribution in [-0.4, -0.2) is 51.3 Å². The van der Waals surface area contributed by atoms with E-state index in [1.54, 1.807) is 39.4 Å². The van der Waals surface area contributed by atoms with Crippen LogP contribution >= 0.6 is 0 Å². The Morgan fingerprint density at radius 2 is 2.00 bits per heavy atom. The molecule has 7 heteroatoms. The lowest BCUT2D eigenvalue weighted by molar-refractivity contribution is -0.114. The summed E-state index contributed by atoms with van der Waals surface area (Å²) in [5, 5.41) is 5.79. The summed E-state index contributed by atoms with van der Waals surface area (Å²) < 4.78 is 10.2. The molecule has 0 aliphatic carbocycles. The van der Waals surface area contributed by atoms with Gasteiger partial charge in [-0.15, -0.1) is 0 Å². The molecule has 0 saturated carbocycles. The molecule has 1 aromatic carbocycles. The van der Waals surface area contributed by atoms with E-state index in [0.717, 1.165) is 0 Å². The lowest BCUT2D eigenvalue weighted by atomic mass is 10.2. The fourth-order valence-corrected chi connectivity index (χ4v) is 1.58. The minimum absolute atomic E-state index is 0.147. The largest absolute Gasteiger partial charge is 0.495 e. The zero-order valence-electron chi connectivity index (χ0n) is 12.7. The third-order valence-electron chi connectivity index (χ3n) is 2.53. The van der Waals surface area contributed by atoms with Crippen molar-refractivity contribution in [2.45, 2.75) is 6.92 Å². The van der Waals surface area contributed by atoms with Gasteiger partial charge in [0.15, 0.2) is 0 Å². The molecule has 0 spiro atoms. The van der Waals surface area contributed by atoms with E-state index in [1.165, 1.54) is 11.8 Å². The second-order valence-electron chi connectivity index (χ2n) is 4.53. The van der Waals surface area contributed by atoms with Crippen LogP contribution in [0.3, 0.4) is 0 Å². The number of methoxy groups -OCH3 is 1. The van der Waals surface area contributed by atoms with Crippen LogP contribution in [0.5, 0.6) is 5.75 Å². The molecule has 0 atom stereocenters. The lowest BCUT2D eigenvalue weighted by Gasteiger charge is -2.14. The summed E-state index contributed by atoms with van der Waals surface area (Å²) in [6.07, 6.45) is -0.393. The standard InChI is InChI=1S/C14H21N3O4/c1-10(18)16-11-5-6-13(20-4)12(9-11)15-7-8-21-14(19)17(2)3/h5-6,9,15H,7-8H2,1-4H3,(H,16,18). The van der Waals surface area contributed by atoms with Crippen molar-refractivity contribution in [3.05, 3.63) is 18.2 Å². The van der Waals surface area contributed by atoms with Gasteiger partial charge in [-0.25, -0.2) is 4.79 Å². The molecule has 0 aliphatic heterocycles. The van der Waals surface area contributed by atoms with Gasteiger partial charge in [0.25, 0.3) is 0 Å². The van der Waals surface area contributed by atoms with Gasteiger partial charge in [0.05, 0.1) is 12.8 Å². The first-order valence-corrected chi connectivity index (χ1v) is 6.47. The van der Waals surface area contributed by atoms with Crippen molar-refractivity contribution in [3.8, 4) is 5.75 Å². The predicted molar refractivity (Wildman–Crippen MR) is 80.8 cm³/mol. The Kier molecular flexibility index (Phi) is 6.32. The molecule has 0 radical (unpaired) electrons. The highest BCUT2D eigenvalue weighted by molar-refractivity contribution is 5.89. The van der Waals surface area contributed by atoms with E-state index in [9.17, 15) is 9.59 Å². The fraction of sp³-hybridized carbons (Fsp3) is 0.429. The van der Waals surface area contributed by atoms with Gasteiger partial charge in [-0.05, 0) is 18.2 Å². The second-order valence-corrected chi connectivity index (χ2v) is 4.53. The number of benzene rings is 1. The van der Waals surface area contributed by atoms with Crippen LogP contribution in [0.25, 0.3) is 0 Å². The number of anilines is 2. The van der Waals surface area contributed by atoms with E-state index in [1.807, 2.05) is 0 Å². The molecular weight excluding hydrogens is 274 g/mol. The van der Waals surface area contributed by atoms with Crippen LogP contribution in [-0.2, 0) is 9.53 Å². The Hall–Kier alpha value is -2.44. The number of carbonyl (C=O) groups excluding carboxylic acids is 2. The van der Waals surface area contributed by atoms with Crippen molar-refractivity contribution < 1.29 is 19.1 Å². The molecule has 0 aromatic heterocycles. The summed E-state index contributed by atoms with van der Waals surface area (Å²) in [4.78, 5) is 23.7. The summed E-state index contributed by atoms with van der Waals surface area (Å²) in [6.45, 7) is 2.10. The third-order valence-corrected chi connectivity index (χ3v) is 2.53. The van der Waals surface area contributed by atoms with Crippen molar-refractivity contribution >= 4 is 23.4 Å². The zero-order chi connectivity index (χ0) is 15.8. The van der Waals surface area contributed by atoms with Crippen molar-refractivity contribution in [1.82, 2.24) is 4.90 Å². The number of rotatable bonds is 6. The SMILES string of the molecule is COc1ccc(NC(C)=O)cc1NCCOC(=O)N(C)C. The molecule has 0 fully saturated rings. The van der Waals surface area contributed by atoms with E-state index in [0.29, 0.717) is 23.7 Å². The molecule has 2 N–H and O–H groups in total. The van der Waals surface area contributed by atoms with Gasteiger partial charge >= 0.3 is 6.09 Å². The zero-order valence-corrected chi connectivity index (χ0v) is 12.7. The summed E-state index contributed by atoms with van der Waals surface area (Å²) >= 11 is 0. The van der Waals surface area contributed by atoms with Gasteiger partial charge in [-0.3, -0.25) is 4.79 Å². The van der Waals surface area contributed by atoms with Crippen molar-refractivity contribution in [2.24, 2.45) is 0 Å². The van der Waals surface area contributed by atoms with E-state index < -0.39 is 6.09 Å². The number of hydrogen-bond acceptors (Lipinski definition) is 5. The van der Waals surface area contributed by atoms with Crippen LogP contribution in [0.15, 0.2) is 18.2 Å². The number of nitrogens with zero attached hydrogens (tertiary/aromatic N) is 1. The number of amides is 2. The second kappa shape index (κ2) is 7.98. The Balaban J connectivity index is 2.59. The van der Waals surface area contributed by atoms with Gasteiger partial charge < -0.3 is 25.0 Å². The Morgan fingerprint density at radius 1 is 1.29 bits per heavy atom. The summed E-state index contributed by atoms with van der Waals surface area (Å²) in [6, 6.07) is 5.25. The van der Waals surface area contributed by atoms with Crippen LogP contribution in [0.2, 0.25) is 0 Å². The molecule has 0 unspecified atom stereocenters. The van der Waals surface area contributed by atoms with Crippen LogP contribution < -0.4 is 15.4 Å². The maximum atomic E-state index is 11.3.